The zero-order chi connectivity index (χ0) is 8.10. The van der Waals surface area contributed by atoms with E-state index in [0.717, 1.165) is 12.0 Å². The minimum Gasteiger partial charge on any atom is -0.324 e. The van der Waals surface area contributed by atoms with Crippen LogP contribution in [0.15, 0.2) is 37.2 Å². The van der Waals surface area contributed by atoms with Crippen LogP contribution in [0.1, 0.15) is 18.0 Å². The van der Waals surface area contributed by atoms with Gasteiger partial charge in [0.15, 0.2) is 0 Å². The maximum absolute atomic E-state index is 5.79. The molecular formula is C9H12N2. The van der Waals surface area contributed by atoms with Crippen molar-refractivity contribution in [2.75, 3.05) is 0 Å². The highest BCUT2D eigenvalue weighted by atomic mass is 14.7. The summed E-state index contributed by atoms with van der Waals surface area (Å²) in [6.07, 6.45) is 6.14. The first kappa shape index (κ1) is 7.95. The number of hydrogen-bond donors (Lipinski definition) is 1. The SMILES string of the molecule is C=CC[C@@H](N)c1cccnc1. The Hall–Kier alpha value is -1.15. The fourth-order valence-corrected chi connectivity index (χ4v) is 0.911. The fraction of sp³-hybridized carbons (Fsp3) is 0.222. The van der Waals surface area contributed by atoms with Crippen molar-refractivity contribution in [1.82, 2.24) is 4.98 Å². The fourth-order valence-electron chi connectivity index (χ4n) is 0.911. The molecule has 0 saturated heterocycles. The number of pyridine rings is 1. The Bertz CT molecular complexity index is 218. The van der Waals surface area contributed by atoms with Crippen LogP contribution >= 0.6 is 0 Å². The standard InChI is InChI=1S/C9H12N2/c1-2-4-9(10)8-5-3-6-11-7-8/h2-3,5-7,9H,1,4,10H2/t9-/m1/s1. The largest absolute Gasteiger partial charge is 0.324 e. The van der Waals surface area contributed by atoms with Crippen molar-refractivity contribution in [3.8, 4) is 0 Å². The summed E-state index contributed by atoms with van der Waals surface area (Å²) in [7, 11) is 0. The van der Waals surface area contributed by atoms with Crippen LogP contribution in [0.5, 0.6) is 0 Å². The second-order valence-corrected chi connectivity index (χ2v) is 2.42. The molecule has 1 aromatic heterocycles. The molecule has 1 aromatic rings. The third-order valence-electron chi connectivity index (χ3n) is 1.53. The smallest absolute Gasteiger partial charge is 0.0345 e. The highest BCUT2D eigenvalue weighted by Gasteiger charge is 2.01. The zero-order valence-corrected chi connectivity index (χ0v) is 6.40. The maximum atomic E-state index is 5.79. The molecule has 0 aliphatic carbocycles. The lowest BCUT2D eigenvalue weighted by Crippen LogP contribution is -2.08. The van der Waals surface area contributed by atoms with Gasteiger partial charge in [-0.05, 0) is 18.1 Å². The van der Waals surface area contributed by atoms with Gasteiger partial charge in [0.1, 0.15) is 0 Å². The van der Waals surface area contributed by atoms with Crippen molar-refractivity contribution >= 4 is 0 Å². The molecule has 0 radical (unpaired) electrons. The van der Waals surface area contributed by atoms with E-state index >= 15 is 0 Å². The molecule has 0 fully saturated rings. The molecule has 1 atom stereocenters. The predicted molar refractivity (Wildman–Crippen MR) is 46.0 cm³/mol. The molecule has 0 amide bonds. The second kappa shape index (κ2) is 3.88. The molecule has 2 nitrogen and oxygen atoms in total. The lowest BCUT2D eigenvalue weighted by Gasteiger charge is -2.06. The summed E-state index contributed by atoms with van der Waals surface area (Å²) >= 11 is 0. The van der Waals surface area contributed by atoms with E-state index in [9.17, 15) is 0 Å². The van der Waals surface area contributed by atoms with E-state index in [-0.39, 0.29) is 6.04 Å². The van der Waals surface area contributed by atoms with Gasteiger partial charge in [0.2, 0.25) is 0 Å². The van der Waals surface area contributed by atoms with Crippen LogP contribution < -0.4 is 5.73 Å². The minimum absolute atomic E-state index is 0.0428. The average Bonchev–Trinajstić information content (AvgIpc) is 2.07. The Labute approximate surface area is 66.8 Å². The Balaban J connectivity index is 2.68. The van der Waals surface area contributed by atoms with E-state index < -0.39 is 0 Å². The maximum Gasteiger partial charge on any atom is 0.0345 e. The van der Waals surface area contributed by atoms with Gasteiger partial charge in [-0.3, -0.25) is 4.98 Å². The zero-order valence-electron chi connectivity index (χ0n) is 6.40. The predicted octanol–water partition coefficient (Wildman–Crippen LogP) is 1.66. The molecule has 2 N–H and O–H groups in total. The quantitative estimate of drug-likeness (QED) is 0.662. The molecule has 2 heteroatoms. The van der Waals surface area contributed by atoms with Crippen molar-refractivity contribution in [3.05, 3.63) is 42.7 Å². The summed E-state index contributed by atoms with van der Waals surface area (Å²) in [5.41, 5.74) is 6.86. The van der Waals surface area contributed by atoms with Crippen molar-refractivity contribution in [3.63, 3.8) is 0 Å². The molecule has 0 spiro atoms. The van der Waals surface area contributed by atoms with Gasteiger partial charge in [0.25, 0.3) is 0 Å². The second-order valence-electron chi connectivity index (χ2n) is 2.42. The van der Waals surface area contributed by atoms with E-state index in [1.165, 1.54) is 0 Å². The van der Waals surface area contributed by atoms with Crippen molar-refractivity contribution in [1.29, 1.82) is 0 Å². The van der Waals surface area contributed by atoms with Crippen LogP contribution in [0.25, 0.3) is 0 Å². The lowest BCUT2D eigenvalue weighted by molar-refractivity contribution is 0.737. The van der Waals surface area contributed by atoms with Gasteiger partial charge in [-0.1, -0.05) is 12.1 Å². The lowest BCUT2D eigenvalue weighted by atomic mass is 10.1. The normalized spacial score (nSPS) is 12.5. The van der Waals surface area contributed by atoms with Crippen molar-refractivity contribution < 1.29 is 0 Å². The summed E-state index contributed by atoms with van der Waals surface area (Å²) < 4.78 is 0. The van der Waals surface area contributed by atoms with E-state index in [4.69, 9.17) is 5.73 Å². The van der Waals surface area contributed by atoms with Gasteiger partial charge in [-0.25, -0.2) is 0 Å². The highest BCUT2D eigenvalue weighted by Crippen LogP contribution is 2.11. The van der Waals surface area contributed by atoms with E-state index in [2.05, 4.69) is 11.6 Å². The van der Waals surface area contributed by atoms with E-state index in [1.54, 1.807) is 12.4 Å². The van der Waals surface area contributed by atoms with Gasteiger partial charge >= 0.3 is 0 Å². The van der Waals surface area contributed by atoms with E-state index in [1.807, 2.05) is 18.2 Å². The summed E-state index contributed by atoms with van der Waals surface area (Å²) in [6.45, 7) is 3.63. The van der Waals surface area contributed by atoms with Crippen LogP contribution in [0.3, 0.4) is 0 Å². The first-order valence-electron chi connectivity index (χ1n) is 3.61. The summed E-state index contributed by atoms with van der Waals surface area (Å²) in [5.74, 6) is 0. The number of aromatic nitrogens is 1. The molecule has 0 bridgehead atoms. The highest BCUT2D eigenvalue weighted by molar-refractivity contribution is 5.13. The van der Waals surface area contributed by atoms with Crippen LogP contribution in [0.2, 0.25) is 0 Å². The van der Waals surface area contributed by atoms with Gasteiger partial charge in [0.05, 0.1) is 0 Å². The molecule has 0 aromatic carbocycles. The van der Waals surface area contributed by atoms with Gasteiger partial charge in [-0.2, -0.15) is 0 Å². The third-order valence-corrected chi connectivity index (χ3v) is 1.53. The molecular weight excluding hydrogens is 136 g/mol. The topological polar surface area (TPSA) is 38.9 Å². The molecule has 58 valence electrons. The Kier molecular flexibility index (Phi) is 2.81. The van der Waals surface area contributed by atoms with Crippen molar-refractivity contribution in [2.45, 2.75) is 12.5 Å². The third kappa shape index (κ3) is 2.16. The molecule has 11 heavy (non-hydrogen) atoms. The Morgan fingerprint density at radius 3 is 3.09 bits per heavy atom. The number of rotatable bonds is 3. The minimum atomic E-state index is 0.0428. The molecule has 0 saturated carbocycles. The molecule has 0 unspecified atom stereocenters. The first-order chi connectivity index (χ1) is 5.34. The van der Waals surface area contributed by atoms with Gasteiger partial charge in [-0.15, -0.1) is 6.58 Å². The summed E-state index contributed by atoms with van der Waals surface area (Å²) in [6, 6.07) is 3.90. The monoisotopic (exact) mass is 148 g/mol. The molecule has 0 aliphatic rings. The van der Waals surface area contributed by atoms with Crippen molar-refractivity contribution in [2.24, 2.45) is 5.73 Å². The number of nitrogens with zero attached hydrogens (tertiary/aromatic N) is 1. The Morgan fingerprint density at radius 2 is 2.55 bits per heavy atom. The van der Waals surface area contributed by atoms with Crippen LogP contribution in [0, 0.1) is 0 Å². The molecule has 1 rings (SSSR count). The average molecular weight is 148 g/mol. The Morgan fingerprint density at radius 1 is 1.73 bits per heavy atom. The number of nitrogens with two attached hydrogens (primary N) is 1. The molecule has 0 aliphatic heterocycles. The van der Waals surface area contributed by atoms with Crippen LogP contribution in [-0.2, 0) is 0 Å². The summed E-state index contributed by atoms with van der Waals surface area (Å²) in [4.78, 5) is 3.97. The molecule has 1 heterocycles. The van der Waals surface area contributed by atoms with E-state index in [0.29, 0.717) is 0 Å². The van der Waals surface area contributed by atoms with Crippen LogP contribution in [-0.4, -0.2) is 4.98 Å². The first-order valence-corrected chi connectivity index (χ1v) is 3.61. The van der Waals surface area contributed by atoms with Gasteiger partial charge < -0.3 is 5.73 Å². The van der Waals surface area contributed by atoms with Gasteiger partial charge in [0, 0.05) is 18.4 Å². The summed E-state index contributed by atoms with van der Waals surface area (Å²) in [5, 5.41) is 0. The van der Waals surface area contributed by atoms with Crippen LogP contribution in [0.4, 0.5) is 0 Å². The number of hydrogen-bond acceptors (Lipinski definition) is 2.